The van der Waals surface area contributed by atoms with Gasteiger partial charge in [0.05, 0.1) is 12.8 Å². The molecular formula is C22H37NO. The van der Waals surface area contributed by atoms with Gasteiger partial charge in [0.2, 0.25) is 0 Å². The van der Waals surface area contributed by atoms with Gasteiger partial charge in [-0.3, -0.25) is 0 Å². The number of aryl methyl sites for hydroxylation is 1. The van der Waals surface area contributed by atoms with Gasteiger partial charge >= 0.3 is 0 Å². The van der Waals surface area contributed by atoms with Gasteiger partial charge in [0.1, 0.15) is 5.75 Å². The second-order valence-corrected chi connectivity index (χ2v) is 7.67. The molecule has 0 N–H and O–H groups in total. The molecule has 1 aromatic carbocycles. The average molecular weight is 332 g/mol. The maximum absolute atomic E-state index is 5.69. The normalized spacial score (nSPS) is 21.6. The fourth-order valence-electron chi connectivity index (χ4n) is 4.05. The van der Waals surface area contributed by atoms with E-state index in [1.54, 1.807) is 7.11 Å². The Labute approximate surface area is 149 Å². The van der Waals surface area contributed by atoms with E-state index in [2.05, 4.69) is 43.9 Å². The zero-order valence-corrected chi connectivity index (χ0v) is 16.3. The molecule has 0 amide bonds. The van der Waals surface area contributed by atoms with Gasteiger partial charge in [-0.25, -0.2) is 0 Å². The summed E-state index contributed by atoms with van der Waals surface area (Å²) in [7, 11) is 1.80. The van der Waals surface area contributed by atoms with E-state index in [9.17, 15) is 0 Å². The van der Waals surface area contributed by atoms with Crippen molar-refractivity contribution in [1.82, 2.24) is 0 Å². The van der Waals surface area contributed by atoms with E-state index in [-0.39, 0.29) is 0 Å². The highest BCUT2D eigenvalue weighted by molar-refractivity contribution is 5.60. The smallest absolute Gasteiger partial charge is 0.142 e. The van der Waals surface area contributed by atoms with Crippen LogP contribution in [0.4, 0.5) is 5.69 Å². The number of unbranched alkanes of at least 4 members (excludes halogenated alkanes) is 2. The van der Waals surface area contributed by atoms with E-state index >= 15 is 0 Å². The fraction of sp³-hybridized carbons (Fsp3) is 0.727. The first-order valence-corrected chi connectivity index (χ1v) is 10.1. The number of hydrogen-bond donors (Lipinski definition) is 0. The van der Waals surface area contributed by atoms with Crippen molar-refractivity contribution in [3.63, 3.8) is 0 Å². The number of hydrogen-bond acceptors (Lipinski definition) is 2. The first-order chi connectivity index (χ1) is 11.7. The molecule has 0 aromatic heterocycles. The Hall–Kier alpha value is -1.18. The maximum Gasteiger partial charge on any atom is 0.142 e. The van der Waals surface area contributed by atoms with Crippen molar-refractivity contribution in [3.8, 4) is 5.75 Å². The Bertz CT molecular complexity index is 467. The second-order valence-electron chi connectivity index (χ2n) is 7.67. The van der Waals surface area contributed by atoms with Crippen molar-refractivity contribution in [2.24, 2.45) is 11.8 Å². The van der Waals surface area contributed by atoms with Crippen LogP contribution in [0.25, 0.3) is 0 Å². The van der Waals surface area contributed by atoms with Crippen molar-refractivity contribution >= 4 is 5.69 Å². The minimum absolute atomic E-state index is 0.835. The molecule has 1 aliphatic heterocycles. The third-order valence-corrected chi connectivity index (χ3v) is 5.55. The van der Waals surface area contributed by atoms with Crippen LogP contribution < -0.4 is 9.64 Å². The van der Waals surface area contributed by atoms with Crippen LogP contribution in [0, 0.1) is 18.8 Å². The van der Waals surface area contributed by atoms with Gasteiger partial charge in [0.15, 0.2) is 0 Å². The van der Waals surface area contributed by atoms with Crippen LogP contribution in [-0.4, -0.2) is 20.2 Å². The van der Waals surface area contributed by atoms with Crippen LogP contribution >= 0.6 is 0 Å². The number of methoxy groups -OCH3 is 1. The Balaban J connectivity index is 2.20. The Morgan fingerprint density at radius 1 is 1.00 bits per heavy atom. The van der Waals surface area contributed by atoms with E-state index in [0.29, 0.717) is 0 Å². The largest absolute Gasteiger partial charge is 0.495 e. The molecule has 2 rings (SSSR count). The molecule has 1 heterocycles. The van der Waals surface area contributed by atoms with Gasteiger partial charge in [0.25, 0.3) is 0 Å². The molecule has 2 nitrogen and oxygen atoms in total. The lowest BCUT2D eigenvalue weighted by atomic mass is 9.92. The molecule has 2 unspecified atom stereocenters. The number of anilines is 1. The van der Waals surface area contributed by atoms with E-state index in [1.807, 2.05) is 0 Å². The van der Waals surface area contributed by atoms with Crippen molar-refractivity contribution in [1.29, 1.82) is 0 Å². The summed E-state index contributed by atoms with van der Waals surface area (Å²) in [5, 5.41) is 0. The molecule has 24 heavy (non-hydrogen) atoms. The number of rotatable bonds is 8. The lowest BCUT2D eigenvalue weighted by molar-refractivity contribution is 0.402. The van der Waals surface area contributed by atoms with Gasteiger partial charge in [-0.15, -0.1) is 0 Å². The minimum atomic E-state index is 0.835. The van der Waals surface area contributed by atoms with Crippen LogP contribution in [0.2, 0.25) is 0 Å². The van der Waals surface area contributed by atoms with Crippen molar-refractivity contribution in [2.45, 2.75) is 72.1 Å². The molecule has 0 radical (unpaired) electrons. The molecule has 0 saturated carbocycles. The summed E-state index contributed by atoms with van der Waals surface area (Å²) in [6, 6.07) is 6.61. The molecular weight excluding hydrogens is 294 g/mol. The third-order valence-electron chi connectivity index (χ3n) is 5.55. The van der Waals surface area contributed by atoms with Gasteiger partial charge in [-0.2, -0.15) is 0 Å². The van der Waals surface area contributed by atoms with Gasteiger partial charge in [0, 0.05) is 13.1 Å². The van der Waals surface area contributed by atoms with E-state index in [0.717, 1.165) is 17.6 Å². The first kappa shape index (κ1) is 19.1. The van der Waals surface area contributed by atoms with E-state index < -0.39 is 0 Å². The van der Waals surface area contributed by atoms with Gasteiger partial charge in [-0.1, -0.05) is 45.6 Å². The summed E-state index contributed by atoms with van der Waals surface area (Å²) < 4.78 is 5.69. The monoisotopic (exact) mass is 331 g/mol. The number of benzene rings is 1. The molecule has 0 bridgehead atoms. The lowest BCUT2D eigenvalue weighted by Crippen LogP contribution is -2.31. The third kappa shape index (κ3) is 5.43. The zero-order valence-electron chi connectivity index (χ0n) is 16.3. The predicted octanol–water partition coefficient (Wildman–Crippen LogP) is 6.22. The highest BCUT2D eigenvalue weighted by Crippen LogP contribution is 2.35. The van der Waals surface area contributed by atoms with Crippen molar-refractivity contribution in [3.05, 3.63) is 23.8 Å². The highest BCUT2D eigenvalue weighted by atomic mass is 16.5. The molecule has 1 aliphatic rings. The molecule has 1 aromatic rings. The number of nitrogens with zero attached hydrogens (tertiary/aromatic N) is 1. The van der Waals surface area contributed by atoms with Crippen LogP contribution in [-0.2, 0) is 0 Å². The Kier molecular flexibility index (Phi) is 7.94. The standard InChI is InChI=1S/C22H37NO/c1-5-7-9-19-12-13-20(10-8-6-2)17-23(16-19)21-15-18(3)11-14-22(21)24-4/h11,14-15,19-20H,5-10,12-13,16-17H2,1-4H3. The quantitative estimate of drug-likeness (QED) is 0.561. The molecule has 1 fully saturated rings. The van der Waals surface area contributed by atoms with Gasteiger partial charge < -0.3 is 9.64 Å². The Morgan fingerprint density at radius 2 is 1.58 bits per heavy atom. The summed E-state index contributed by atoms with van der Waals surface area (Å²) in [5.41, 5.74) is 2.63. The minimum Gasteiger partial charge on any atom is -0.495 e. The predicted molar refractivity (Wildman–Crippen MR) is 105 cm³/mol. The molecule has 0 spiro atoms. The summed E-state index contributed by atoms with van der Waals surface area (Å²) >= 11 is 0. The van der Waals surface area contributed by atoms with Crippen molar-refractivity contribution in [2.75, 3.05) is 25.1 Å². The molecule has 2 heteroatoms. The summed E-state index contributed by atoms with van der Waals surface area (Å²) in [6.07, 6.45) is 10.9. The van der Waals surface area contributed by atoms with Crippen LogP contribution in [0.5, 0.6) is 5.75 Å². The lowest BCUT2D eigenvalue weighted by Gasteiger charge is -2.30. The highest BCUT2D eigenvalue weighted by Gasteiger charge is 2.25. The van der Waals surface area contributed by atoms with Crippen LogP contribution in [0.1, 0.15) is 70.8 Å². The average Bonchev–Trinajstić information content (AvgIpc) is 2.80. The maximum atomic E-state index is 5.69. The van der Waals surface area contributed by atoms with Crippen molar-refractivity contribution < 1.29 is 4.74 Å². The van der Waals surface area contributed by atoms with Crippen LogP contribution in [0.3, 0.4) is 0 Å². The summed E-state index contributed by atoms with van der Waals surface area (Å²) in [5.74, 6) is 2.70. The van der Waals surface area contributed by atoms with Gasteiger partial charge in [-0.05, 0) is 62.1 Å². The molecule has 0 aliphatic carbocycles. The second kappa shape index (κ2) is 9.96. The molecule has 136 valence electrons. The Morgan fingerprint density at radius 3 is 2.08 bits per heavy atom. The zero-order chi connectivity index (χ0) is 17.4. The molecule has 1 saturated heterocycles. The summed E-state index contributed by atoms with van der Waals surface area (Å²) in [6.45, 7) is 9.19. The number of ether oxygens (including phenoxy) is 1. The first-order valence-electron chi connectivity index (χ1n) is 10.1. The molecule has 2 atom stereocenters. The topological polar surface area (TPSA) is 12.5 Å². The van der Waals surface area contributed by atoms with E-state index in [4.69, 9.17) is 4.74 Å². The summed E-state index contributed by atoms with van der Waals surface area (Å²) in [4.78, 5) is 2.64. The van der Waals surface area contributed by atoms with E-state index in [1.165, 1.54) is 75.7 Å². The SMILES string of the molecule is CCCCC1CCC(CCCC)CN(c2cc(C)ccc2OC)C1. The fourth-order valence-corrected chi connectivity index (χ4v) is 4.05. The van der Waals surface area contributed by atoms with Crippen LogP contribution in [0.15, 0.2) is 18.2 Å².